The first kappa shape index (κ1) is 15.5. The van der Waals surface area contributed by atoms with Gasteiger partial charge in [0.25, 0.3) is 0 Å². The van der Waals surface area contributed by atoms with Crippen LogP contribution in [0.2, 0.25) is 0 Å². The minimum absolute atomic E-state index is 0.0307. The van der Waals surface area contributed by atoms with Gasteiger partial charge >= 0.3 is 5.97 Å². The number of hydrogen-bond donors (Lipinski definition) is 2. The van der Waals surface area contributed by atoms with Gasteiger partial charge in [0.2, 0.25) is 5.91 Å². The average molecular weight is 289 g/mol. The molecule has 1 saturated carbocycles. The Balaban J connectivity index is 1.92. The van der Waals surface area contributed by atoms with Crippen molar-refractivity contribution < 1.29 is 14.7 Å². The van der Waals surface area contributed by atoms with E-state index in [1.807, 2.05) is 6.07 Å². The lowest BCUT2D eigenvalue weighted by Gasteiger charge is -2.26. The van der Waals surface area contributed by atoms with E-state index < -0.39 is 11.4 Å². The molecule has 0 saturated heterocycles. The van der Waals surface area contributed by atoms with Crippen LogP contribution in [0.5, 0.6) is 0 Å². The van der Waals surface area contributed by atoms with Crippen LogP contribution in [-0.4, -0.2) is 23.5 Å². The summed E-state index contributed by atoms with van der Waals surface area (Å²) in [5.74, 6) is -0.420. The van der Waals surface area contributed by atoms with E-state index in [0.717, 1.165) is 12.3 Å². The van der Waals surface area contributed by atoms with Crippen molar-refractivity contribution >= 4 is 11.9 Å². The smallest absolute Gasteiger partial charge is 0.314 e. The largest absolute Gasteiger partial charge is 0.481 e. The number of hydrogen-bond acceptors (Lipinski definition) is 2. The molecule has 0 aliphatic heterocycles. The number of carboxylic acid groups (broad SMARTS) is 1. The molecule has 114 valence electrons. The maximum atomic E-state index is 12.0. The third kappa shape index (κ3) is 3.84. The molecule has 0 aromatic heterocycles. The highest BCUT2D eigenvalue weighted by Crippen LogP contribution is 2.29. The summed E-state index contributed by atoms with van der Waals surface area (Å²) in [6, 6.07) is 8.95. The molecule has 1 unspecified atom stereocenters. The second kappa shape index (κ2) is 6.74. The number of carboxylic acids is 1. The van der Waals surface area contributed by atoms with E-state index in [0.29, 0.717) is 12.1 Å². The molecule has 1 aromatic carbocycles. The van der Waals surface area contributed by atoms with Crippen molar-refractivity contribution in [2.45, 2.75) is 44.4 Å². The van der Waals surface area contributed by atoms with Crippen LogP contribution in [0.25, 0.3) is 0 Å². The molecule has 4 heteroatoms. The van der Waals surface area contributed by atoms with Gasteiger partial charge in [-0.2, -0.15) is 0 Å². The fraction of sp³-hybridized carbons (Fsp3) is 0.529. The molecule has 0 radical (unpaired) electrons. The Hall–Kier alpha value is -1.84. The van der Waals surface area contributed by atoms with Crippen LogP contribution < -0.4 is 5.32 Å². The van der Waals surface area contributed by atoms with Gasteiger partial charge in [-0.25, -0.2) is 0 Å². The van der Waals surface area contributed by atoms with E-state index in [4.69, 9.17) is 0 Å². The van der Waals surface area contributed by atoms with E-state index in [-0.39, 0.29) is 12.3 Å². The Labute approximate surface area is 125 Å². The predicted octanol–water partition coefficient (Wildman–Crippen LogP) is 2.73. The minimum Gasteiger partial charge on any atom is -0.481 e. The highest BCUT2D eigenvalue weighted by Gasteiger charge is 2.37. The van der Waals surface area contributed by atoms with Crippen LogP contribution in [0.4, 0.5) is 0 Å². The Morgan fingerprint density at radius 1 is 1.29 bits per heavy atom. The molecule has 1 amide bonds. The Morgan fingerprint density at radius 2 is 1.95 bits per heavy atom. The first-order valence-corrected chi connectivity index (χ1v) is 7.58. The zero-order valence-corrected chi connectivity index (χ0v) is 12.5. The highest BCUT2D eigenvalue weighted by molar-refractivity contribution is 5.89. The van der Waals surface area contributed by atoms with Gasteiger partial charge in [-0.3, -0.25) is 9.59 Å². The first-order chi connectivity index (χ1) is 10.0. The molecule has 21 heavy (non-hydrogen) atoms. The van der Waals surface area contributed by atoms with Crippen LogP contribution in [0, 0.1) is 5.92 Å². The lowest BCUT2D eigenvalue weighted by molar-refractivity contribution is -0.145. The Morgan fingerprint density at radius 3 is 2.48 bits per heavy atom. The summed E-state index contributed by atoms with van der Waals surface area (Å²) in [5.41, 5.74) is -0.520. The second-order valence-corrected chi connectivity index (χ2v) is 6.12. The van der Waals surface area contributed by atoms with Crippen molar-refractivity contribution in [3.63, 3.8) is 0 Å². The molecule has 1 aromatic rings. The highest BCUT2D eigenvalue weighted by atomic mass is 16.4. The van der Waals surface area contributed by atoms with Gasteiger partial charge in [0.05, 0.1) is 5.41 Å². The maximum Gasteiger partial charge on any atom is 0.314 e. The van der Waals surface area contributed by atoms with E-state index in [2.05, 4.69) is 5.32 Å². The third-order valence-electron chi connectivity index (χ3n) is 4.50. The molecule has 0 spiro atoms. The first-order valence-electron chi connectivity index (χ1n) is 7.58. The number of carbonyl (C=O) groups excluding carboxylic acids is 1. The maximum absolute atomic E-state index is 12.0. The average Bonchev–Trinajstić information content (AvgIpc) is 2.42. The molecule has 0 heterocycles. The molecule has 1 aliphatic rings. The van der Waals surface area contributed by atoms with Crippen molar-refractivity contribution in [1.82, 2.24) is 5.32 Å². The van der Waals surface area contributed by atoms with Gasteiger partial charge in [0.1, 0.15) is 0 Å². The summed E-state index contributed by atoms with van der Waals surface area (Å²) >= 11 is 0. The fourth-order valence-corrected chi connectivity index (χ4v) is 2.69. The number of benzene rings is 1. The quantitative estimate of drug-likeness (QED) is 0.811. The van der Waals surface area contributed by atoms with Gasteiger partial charge in [-0.15, -0.1) is 0 Å². The molecule has 4 nitrogen and oxygen atoms in total. The van der Waals surface area contributed by atoms with Crippen LogP contribution in [0.15, 0.2) is 30.3 Å². The zero-order valence-electron chi connectivity index (χ0n) is 12.5. The van der Waals surface area contributed by atoms with E-state index >= 15 is 0 Å². The van der Waals surface area contributed by atoms with E-state index in [9.17, 15) is 14.7 Å². The number of nitrogens with one attached hydrogen (secondary N) is 1. The second-order valence-electron chi connectivity index (χ2n) is 6.12. The van der Waals surface area contributed by atoms with Crippen LogP contribution >= 0.6 is 0 Å². The normalized spacial score (nSPS) is 17.6. The van der Waals surface area contributed by atoms with Crippen molar-refractivity contribution in [3.05, 3.63) is 35.9 Å². The lowest BCUT2D eigenvalue weighted by Crippen LogP contribution is -2.39. The third-order valence-corrected chi connectivity index (χ3v) is 4.50. The zero-order chi connectivity index (χ0) is 15.3. The molecule has 0 bridgehead atoms. The number of aliphatic carboxylic acids is 1. The summed E-state index contributed by atoms with van der Waals surface area (Å²) in [6.07, 6.45) is 4.78. The van der Waals surface area contributed by atoms with Crippen LogP contribution in [-0.2, 0) is 15.0 Å². The van der Waals surface area contributed by atoms with Crippen LogP contribution in [0.3, 0.4) is 0 Å². The minimum atomic E-state index is -1.18. The molecule has 1 fully saturated rings. The lowest BCUT2D eigenvalue weighted by atomic mass is 9.79. The van der Waals surface area contributed by atoms with Crippen molar-refractivity contribution in [2.24, 2.45) is 5.92 Å². The number of amides is 1. The summed E-state index contributed by atoms with van der Waals surface area (Å²) in [7, 11) is 0. The standard InChI is InChI=1S/C17H23NO3/c1-17(16(20)21,14-8-3-2-4-9-14)12-15(19)18-11-10-13-6-5-7-13/h2-4,8-9,13H,5-7,10-12H2,1H3,(H,18,19)(H,20,21). The molecular formula is C17H23NO3. The van der Waals surface area contributed by atoms with Crippen molar-refractivity contribution in [2.75, 3.05) is 6.54 Å². The Bertz CT molecular complexity index is 496. The molecular weight excluding hydrogens is 266 g/mol. The van der Waals surface area contributed by atoms with Crippen molar-refractivity contribution in [3.8, 4) is 0 Å². The van der Waals surface area contributed by atoms with Gasteiger partial charge in [-0.1, -0.05) is 49.6 Å². The van der Waals surface area contributed by atoms with E-state index in [1.165, 1.54) is 19.3 Å². The van der Waals surface area contributed by atoms with Gasteiger partial charge < -0.3 is 10.4 Å². The van der Waals surface area contributed by atoms with Gasteiger partial charge in [-0.05, 0) is 24.8 Å². The SMILES string of the molecule is CC(CC(=O)NCCC1CCC1)(C(=O)O)c1ccccc1. The molecule has 1 aliphatic carbocycles. The topological polar surface area (TPSA) is 66.4 Å². The van der Waals surface area contributed by atoms with Gasteiger partial charge in [0.15, 0.2) is 0 Å². The fourth-order valence-electron chi connectivity index (χ4n) is 2.69. The molecule has 2 rings (SSSR count). The Kier molecular flexibility index (Phi) is 4.99. The molecule has 1 atom stereocenters. The summed E-state index contributed by atoms with van der Waals surface area (Å²) in [4.78, 5) is 23.7. The summed E-state index contributed by atoms with van der Waals surface area (Å²) < 4.78 is 0. The summed E-state index contributed by atoms with van der Waals surface area (Å²) in [6.45, 7) is 2.25. The predicted molar refractivity (Wildman–Crippen MR) is 81.0 cm³/mol. The van der Waals surface area contributed by atoms with Crippen molar-refractivity contribution in [1.29, 1.82) is 0 Å². The number of rotatable bonds is 7. The molecule has 2 N–H and O–H groups in total. The van der Waals surface area contributed by atoms with Gasteiger partial charge in [0, 0.05) is 13.0 Å². The monoisotopic (exact) mass is 289 g/mol. The van der Waals surface area contributed by atoms with E-state index in [1.54, 1.807) is 31.2 Å². The summed E-state index contributed by atoms with van der Waals surface area (Å²) in [5, 5.41) is 12.4. The van der Waals surface area contributed by atoms with Crippen LogP contribution in [0.1, 0.15) is 44.6 Å². The number of carbonyl (C=O) groups is 2.